The lowest BCUT2D eigenvalue weighted by atomic mass is 10.0. The van der Waals surface area contributed by atoms with Gasteiger partial charge in [-0.25, -0.2) is 4.79 Å². The molecule has 1 aromatic rings. The summed E-state index contributed by atoms with van der Waals surface area (Å²) < 4.78 is 0. The van der Waals surface area contributed by atoms with Crippen molar-refractivity contribution < 1.29 is 29.4 Å². The summed E-state index contributed by atoms with van der Waals surface area (Å²) >= 11 is 1.48. The van der Waals surface area contributed by atoms with Crippen molar-refractivity contribution in [2.45, 2.75) is 57.8 Å². The Morgan fingerprint density at radius 1 is 0.970 bits per heavy atom. The van der Waals surface area contributed by atoms with E-state index in [1.807, 2.05) is 6.26 Å². The van der Waals surface area contributed by atoms with Crippen LogP contribution in [0.4, 0.5) is 0 Å². The van der Waals surface area contributed by atoms with Crippen LogP contribution in [0.2, 0.25) is 0 Å². The highest BCUT2D eigenvalue weighted by molar-refractivity contribution is 7.98. The summed E-state index contributed by atoms with van der Waals surface area (Å²) in [5, 5.41) is 26.2. The molecule has 0 saturated carbocycles. The second kappa shape index (κ2) is 13.7. The van der Waals surface area contributed by atoms with Crippen molar-refractivity contribution in [1.29, 1.82) is 0 Å². The van der Waals surface area contributed by atoms with Gasteiger partial charge in [0, 0.05) is 0 Å². The van der Waals surface area contributed by atoms with Crippen molar-refractivity contribution in [2.75, 3.05) is 12.0 Å². The Bertz CT molecular complexity index is 818. The van der Waals surface area contributed by atoms with Gasteiger partial charge >= 0.3 is 5.97 Å². The second-order valence-corrected chi connectivity index (χ2v) is 9.10. The number of phenolic OH excluding ortho intramolecular Hbond substituents is 1. The van der Waals surface area contributed by atoms with Gasteiger partial charge in [0.1, 0.15) is 23.9 Å². The van der Waals surface area contributed by atoms with Gasteiger partial charge in [0.15, 0.2) is 0 Å². The van der Waals surface area contributed by atoms with E-state index in [1.54, 1.807) is 26.0 Å². The smallest absolute Gasteiger partial charge is 0.326 e. The quantitative estimate of drug-likeness (QED) is 0.232. The number of nitrogens with two attached hydrogens (primary N) is 1. The molecular weight excluding hydrogens is 448 g/mol. The molecule has 0 aliphatic rings. The lowest BCUT2D eigenvalue weighted by molar-refractivity contribution is -0.143. The predicted octanol–water partition coefficient (Wildman–Crippen LogP) is 0.230. The number of thioether (sulfide) groups is 1. The Morgan fingerprint density at radius 3 is 2.09 bits per heavy atom. The van der Waals surface area contributed by atoms with Crippen LogP contribution in [0.3, 0.4) is 0 Å². The molecule has 3 amide bonds. The largest absolute Gasteiger partial charge is 0.508 e. The van der Waals surface area contributed by atoms with Crippen LogP contribution in [0.25, 0.3) is 0 Å². The Kier molecular flexibility index (Phi) is 11.7. The Labute approximate surface area is 198 Å². The van der Waals surface area contributed by atoms with Gasteiger partial charge in [-0.05, 0) is 55.4 Å². The molecule has 0 spiro atoms. The van der Waals surface area contributed by atoms with E-state index in [0.717, 1.165) is 5.56 Å². The summed E-state index contributed by atoms with van der Waals surface area (Å²) in [5.74, 6) is -2.55. The summed E-state index contributed by atoms with van der Waals surface area (Å²) in [6.45, 7) is 4.82. The average molecular weight is 483 g/mol. The first kappa shape index (κ1) is 28.2. The molecule has 1 rings (SSSR count). The average Bonchev–Trinajstić information content (AvgIpc) is 2.75. The molecule has 1 aromatic carbocycles. The third-order valence-corrected chi connectivity index (χ3v) is 5.60. The van der Waals surface area contributed by atoms with E-state index in [-0.39, 0.29) is 18.1 Å². The van der Waals surface area contributed by atoms with Crippen LogP contribution in [-0.2, 0) is 25.6 Å². The van der Waals surface area contributed by atoms with Crippen molar-refractivity contribution in [3.05, 3.63) is 29.8 Å². The monoisotopic (exact) mass is 482 g/mol. The maximum atomic E-state index is 12.7. The standard InChI is InChI=1S/C22H34N4O6S/c1-12(2)18(22(31)32)26-21(30)17(9-10-33-4)25-19(28)13(3)24-20(29)16(23)11-14-5-7-15(27)8-6-14/h5-8,12-13,16-18,27H,9-11,23H2,1-4H3,(H,24,29)(H,25,28)(H,26,30)(H,31,32). The molecule has 0 fully saturated rings. The number of carboxylic acids is 1. The first-order valence-corrected chi connectivity index (χ1v) is 12.0. The fraction of sp³-hybridized carbons (Fsp3) is 0.545. The molecule has 0 aromatic heterocycles. The van der Waals surface area contributed by atoms with E-state index in [2.05, 4.69) is 16.0 Å². The molecule has 10 nitrogen and oxygen atoms in total. The minimum absolute atomic E-state index is 0.102. The van der Waals surface area contributed by atoms with E-state index in [9.17, 15) is 29.4 Å². The van der Waals surface area contributed by atoms with Crippen LogP contribution in [0, 0.1) is 5.92 Å². The maximum Gasteiger partial charge on any atom is 0.326 e. The van der Waals surface area contributed by atoms with Crippen LogP contribution in [-0.4, -0.2) is 70.1 Å². The van der Waals surface area contributed by atoms with Gasteiger partial charge < -0.3 is 31.9 Å². The molecule has 0 saturated heterocycles. The lowest BCUT2D eigenvalue weighted by Gasteiger charge is -2.24. The number of carbonyl (C=O) groups excluding carboxylic acids is 3. The first-order valence-electron chi connectivity index (χ1n) is 10.6. The van der Waals surface area contributed by atoms with E-state index in [1.165, 1.54) is 30.8 Å². The zero-order valence-corrected chi connectivity index (χ0v) is 20.1. The summed E-state index contributed by atoms with van der Waals surface area (Å²) in [7, 11) is 0. The van der Waals surface area contributed by atoms with Gasteiger partial charge in [-0.1, -0.05) is 26.0 Å². The maximum absolute atomic E-state index is 12.7. The number of aliphatic carboxylic acids is 1. The number of hydrogen-bond acceptors (Lipinski definition) is 7. The zero-order valence-electron chi connectivity index (χ0n) is 19.3. The van der Waals surface area contributed by atoms with Crippen LogP contribution in [0.5, 0.6) is 5.75 Å². The number of benzene rings is 1. The molecule has 0 radical (unpaired) electrons. The fourth-order valence-corrected chi connectivity index (χ4v) is 3.40. The van der Waals surface area contributed by atoms with Crippen LogP contribution < -0.4 is 21.7 Å². The second-order valence-electron chi connectivity index (χ2n) is 8.12. The highest BCUT2D eigenvalue weighted by atomic mass is 32.2. The lowest BCUT2D eigenvalue weighted by Crippen LogP contribution is -2.57. The van der Waals surface area contributed by atoms with Crippen molar-refractivity contribution in [3.8, 4) is 5.75 Å². The number of aromatic hydroxyl groups is 1. The molecule has 0 bridgehead atoms. The minimum atomic E-state index is -1.16. The summed E-state index contributed by atoms with van der Waals surface area (Å²) in [5.41, 5.74) is 6.68. The molecule has 0 heterocycles. The first-order chi connectivity index (χ1) is 15.5. The molecule has 4 unspecified atom stereocenters. The molecule has 184 valence electrons. The van der Waals surface area contributed by atoms with E-state index >= 15 is 0 Å². The van der Waals surface area contributed by atoms with Crippen LogP contribution in [0.1, 0.15) is 32.8 Å². The number of carbonyl (C=O) groups is 4. The fourth-order valence-electron chi connectivity index (χ4n) is 2.93. The number of phenols is 1. The van der Waals surface area contributed by atoms with E-state index in [4.69, 9.17) is 5.73 Å². The Morgan fingerprint density at radius 2 is 1.58 bits per heavy atom. The topological polar surface area (TPSA) is 171 Å². The summed E-state index contributed by atoms with van der Waals surface area (Å²) in [6.07, 6.45) is 2.36. The zero-order chi connectivity index (χ0) is 25.1. The Hall–Kier alpha value is -2.79. The van der Waals surface area contributed by atoms with Crippen LogP contribution in [0.15, 0.2) is 24.3 Å². The third kappa shape index (κ3) is 9.70. The molecule has 7 N–H and O–H groups in total. The van der Waals surface area contributed by atoms with Gasteiger partial charge in [0.05, 0.1) is 6.04 Å². The highest BCUT2D eigenvalue weighted by Crippen LogP contribution is 2.11. The molecule has 33 heavy (non-hydrogen) atoms. The molecular formula is C22H34N4O6S. The van der Waals surface area contributed by atoms with Gasteiger partial charge in [-0.3, -0.25) is 14.4 Å². The van der Waals surface area contributed by atoms with E-state index < -0.39 is 47.9 Å². The molecule has 11 heteroatoms. The third-order valence-electron chi connectivity index (χ3n) is 4.95. The number of rotatable bonds is 13. The van der Waals surface area contributed by atoms with Gasteiger partial charge in [0.2, 0.25) is 17.7 Å². The molecule has 0 aliphatic carbocycles. The molecule has 4 atom stereocenters. The summed E-state index contributed by atoms with van der Waals surface area (Å²) in [4.78, 5) is 49.1. The van der Waals surface area contributed by atoms with Crippen molar-refractivity contribution >= 4 is 35.5 Å². The van der Waals surface area contributed by atoms with Crippen molar-refractivity contribution in [3.63, 3.8) is 0 Å². The van der Waals surface area contributed by atoms with Gasteiger partial charge in [-0.15, -0.1) is 0 Å². The van der Waals surface area contributed by atoms with Crippen molar-refractivity contribution in [1.82, 2.24) is 16.0 Å². The number of hydrogen-bond donors (Lipinski definition) is 6. The predicted molar refractivity (Wildman–Crippen MR) is 127 cm³/mol. The van der Waals surface area contributed by atoms with Gasteiger partial charge in [-0.2, -0.15) is 11.8 Å². The Balaban J connectivity index is 2.72. The van der Waals surface area contributed by atoms with Crippen molar-refractivity contribution in [2.24, 2.45) is 11.7 Å². The van der Waals surface area contributed by atoms with E-state index in [0.29, 0.717) is 12.2 Å². The number of nitrogens with one attached hydrogen (secondary N) is 3. The molecule has 0 aliphatic heterocycles. The SMILES string of the molecule is CSCCC(NC(=O)C(C)NC(=O)C(N)Cc1ccc(O)cc1)C(=O)NC(C(=O)O)C(C)C. The highest BCUT2D eigenvalue weighted by Gasteiger charge is 2.29. The number of amides is 3. The normalized spacial score (nSPS) is 14.6. The summed E-state index contributed by atoms with van der Waals surface area (Å²) in [6, 6.07) is 2.37. The van der Waals surface area contributed by atoms with Gasteiger partial charge in [0.25, 0.3) is 0 Å². The minimum Gasteiger partial charge on any atom is -0.508 e. The number of carboxylic acid groups (broad SMARTS) is 1. The van der Waals surface area contributed by atoms with Crippen LogP contribution >= 0.6 is 11.8 Å².